The van der Waals surface area contributed by atoms with Crippen molar-refractivity contribution in [3.05, 3.63) is 70.2 Å². The molecule has 2 nitrogen and oxygen atoms in total. The topological polar surface area (TPSA) is 52.0 Å². The minimum Gasteiger partial charge on any atom is -0.330 e. The minimum atomic E-state index is 0.0357. The van der Waals surface area contributed by atoms with Crippen LogP contribution in [0.3, 0.4) is 0 Å². The Bertz CT molecular complexity index is 496. The predicted molar refractivity (Wildman–Crippen MR) is 84.1 cm³/mol. The molecule has 2 atom stereocenters. The van der Waals surface area contributed by atoms with Crippen molar-refractivity contribution in [3.8, 4) is 0 Å². The Balaban J connectivity index is 2.11. The number of rotatable bonds is 5. The maximum atomic E-state index is 6.34. The molecule has 0 bridgehead atoms. The molecule has 2 aromatic carbocycles. The lowest BCUT2D eigenvalue weighted by atomic mass is 9.88. The Morgan fingerprint density at radius 1 is 0.947 bits per heavy atom. The maximum Gasteiger partial charge on any atom is 0.0175 e. The maximum absolute atomic E-state index is 6.34. The van der Waals surface area contributed by atoms with Gasteiger partial charge in [-0.25, -0.2) is 0 Å². The summed E-state index contributed by atoms with van der Waals surface area (Å²) in [6.07, 6.45) is 0.846. The van der Waals surface area contributed by atoms with Gasteiger partial charge in [-0.15, -0.1) is 0 Å². The Kier molecular flexibility index (Phi) is 5.14. The highest BCUT2D eigenvalue weighted by atomic mass is 79.9. The zero-order valence-corrected chi connectivity index (χ0v) is 12.4. The molecule has 0 aromatic heterocycles. The number of nitrogens with two attached hydrogens (primary N) is 2. The molecule has 0 fully saturated rings. The molecule has 0 radical (unpaired) electrons. The number of hydrogen-bond acceptors (Lipinski definition) is 2. The van der Waals surface area contributed by atoms with Crippen LogP contribution in [0.1, 0.15) is 17.0 Å². The Morgan fingerprint density at radius 3 is 2.16 bits per heavy atom. The summed E-state index contributed by atoms with van der Waals surface area (Å²) in [4.78, 5) is 0. The Labute approximate surface area is 122 Å². The van der Waals surface area contributed by atoms with Gasteiger partial charge in [0.25, 0.3) is 0 Å². The second-order valence-corrected chi connectivity index (χ2v) is 5.66. The van der Waals surface area contributed by atoms with Crippen molar-refractivity contribution in [2.75, 3.05) is 6.54 Å². The van der Waals surface area contributed by atoms with Crippen molar-refractivity contribution in [2.24, 2.45) is 11.5 Å². The number of halogens is 1. The second-order valence-electron chi connectivity index (χ2n) is 4.75. The molecule has 0 amide bonds. The van der Waals surface area contributed by atoms with E-state index in [4.69, 9.17) is 11.5 Å². The summed E-state index contributed by atoms with van der Waals surface area (Å²) in [6.45, 7) is 0.565. The van der Waals surface area contributed by atoms with E-state index in [2.05, 4.69) is 40.2 Å². The standard InChI is InChI=1S/C16H19BrN2/c17-14-8-6-13(7-9-14)15(11-18)16(19)10-12-4-2-1-3-5-12/h1-9,15-16H,10-11,18-19H2. The van der Waals surface area contributed by atoms with Gasteiger partial charge in [-0.2, -0.15) is 0 Å². The minimum absolute atomic E-state index is 0.0357. The van der Waals surface area contributed by atoms with E-state index in [0.29, 0.717) is 6.54 Å². The van der Waals surface area contributed by atoms with Gasteiger partial charge in [0.1, 0.15) is 0 Å². The van der Waals surface area contributed by atoms with E-state index in [9.17, 15) is 0 Å². The van der Waals surface area contributed by atoms with Crippen molar-refractivity contribution >= 4 is 15.9 Å². The Morgan fingerprint density at radius 2 is 1.58 bits per heavy atom. The van der Waals surface area contributed by atoms with Crippen molar-refractivity contribution < 1.29 is 0 Å². The third-order valence-electron chi connectivity index (χ3n) is 3.38. The molecule has 0 aliphatic rings. The van der Waals surface area contributed by atoms with Gasteiger partial charge < -0.3 is 11.5 Å². The van der Waals surface area contributed by atoms with Crippen LogP contribution < -0.4 is 11.5 Å². The van der Waals surface area contributed by atoms with Crippen LogP contribution in [0.2, 0.25) is 0 Å². The summed E-state index contributed by atoms with van der Waals surface area (Å²) in [5, 5.41) is 0. The number of benzene rings is 2. The highest BCUT2D eigenvalue weighted by Crippen LogP contribution is 2.22. The molecule has 2 unspecified atom stereocenters. The van der Waals surface area contributed by atoms with Gasteiger partial charge in [-0.1, -0.05) is 58.4 Å². The highest BCUT2D eigenvalue weighted by molar-refractivity contribution is 9.10. The third kappa shape index (κ3) is 3.90. The second kappa shape index (κ2) is 6.85. The van der Waals surface area contributed by atoms with Crippen LogP contribution in [-0.2, 0) is 6.42 Å². The summed E-state index contributed by atoms with van der Waals surface area (Å²) >= 11 is 3.44. The molecule has 0 heterocycles. The first-order chi connectivity index (χ1) is 9.20. The molecule has 0 aliphatic heterocycles. The lowest BCUT2D eigenvalue weighted by Crippen LogP contribution is -2.35. The first-order valence-electron chi connectivity index (χ1n) is 6.45. The van der Waals surface area contributed by atoms with Gasteiger partial charge in [0.05, 0.1) is 0 Å². The van der Waals surface area contributed by atoms with Gasteiger partial charge in [0.15, 0.2) is 0 Å². The van der Waals surface area contributed by atoms with E-state index in [0.717, 1.165) is 10.9 Å². The molecular formula is C16H19BrN2. The van der Waals surface area contributed by atoms with Crippen LogP contribution >= 0.6 is 15.9 Å². The van der Waals surface area contributed by atoms with E-state index >= 15 is 0 Å². The zero-order valence-electron chi connectivity index (χ0n) is 10.8. The zero-order chi connectivity index (χ0) is 13.7. The number of hydrogen-bond donors (Lipinski definition) is 2. The molecule has 0 aliphatic carbocycles. The Hall–Kier alpha value is -1.16. The van der Waals surface area contributed by atoms with Gasteiger partial charge in [-0.05, 0) is 29.7 Å². The molecule has 100 valence electrons. The fourth-order valence-corrected chi connectivity index (χ4v) is 2.56. The molecule has 3 heteroatoms. The van der Waals surface area contributed by atoms with Crippen molar-refractivity contribution in [1.82, 2.24) is 0 Å². The first kappa shape index (κ1) is 14.3. The molecule has 4 N–H and O–H groups in total. The summed E-state index contributed by atoms with van der Waals surface area (Å²) in [5.74, 6) is 0.188. The van der Waals surface area contributed by atoms with Gasteiger partial charge in [0.2, 0.25) is 0 Å². The first-order valence-corrected chi connectivity index (χ1v) is 7.25. The normalized spacial score (nSPS) is 14.1. The molecule has 0 spiro atoms. The van der Waals surface area contributed by atoms with Crippen molar-refractivity contribution in [3.63, 3.8) is 0 Å². The van der Waals surface area contributed by atoms with Crippen LogP contribution in [0.5, 0.6) is 0 Å². The van der Waals surface area contributed by atoms with Crippen LogP contribution in [-0.4, -0.2) is 12.6 Å². The monoisotopic (exact) mass is 318 g/mol. The fraction of sp³-hybridized carbons (Fsp3) is 0.250. The van der Waals surface area contributed by atoms with Crippen LogP contribution in [0.15, 0.2) is 59.1 Å². The average Bonchev–Trinajstić information content (AvgIpc) is 2.43. The average molecular weight is 319 g/mol. The molecular weight excluding hydrogens is 300 g/mol. The van der Waals surface area contributed by atoms with Crippen LogP contribution in [0.4, 0.5) is 0 Å². The quantitative estimate of drug-likeness (QED) is 0.890. The van der Waals surface area contributed by atoms with Gasteiger partial charge in [-0.3, -0.25) is 0 Å². The highest BCUT2D eigenvalue weighted by Gasteiger charge is 2.18. The summed E-state index contributed by atoms with van der Waals surface area (Å²) in [6, 6.07) is 18.6. The molecule has 2 aromatic rings. The molecule has 19 heavy (non-hydrogen) atoms. The lowest BCUT2D eigenvalue weighted by Gasteiger charge is -2.23. The SMILES string of the molecule is NCC(c1ccc(Br)cc1)C(N)Cc1ccccc1. The summed E-state index contributed by atoms with van der Waals surface area (Å²) < 4.78 is 1.07. The van der Waals surface area contributed by atoms with E-state index in [1.165, 1.54) is 11.1 Å². The van der Waals surface area contributed by atoms with Gasteiger partial charge in [0, 0.05) is 23.0 Å². The van der Waals surface area contributed by atoms with E-state index in [1.807, 2.05) is 30.3 Å². The van der Waals surface area contributed by atoms with Crippen LogP contribution in [0, 0.1) is 0 Å². The van der Waals surface area contributed by atoms with Crippen molar-refractivity contribution in [2.45, 2.75) is 18.4 Å². The summed E-state index contributed by atoms with van der Waals surface area (Å²) in [7, 11) is 0. The molecule has 0 saturated heterocycles. The molecule has 0 saturated carbocycles. The van der Waals surface area contributed by atoms with Gasteiger partial charge >= 0.3 is 0 Å². The largest absolute Gasteiger partial charge is 0.330 e. The van der Waals surface area contributed by atoms with E-state index in [-0.39, 0.29) is 12.0 Å². The predicted octanol–water partition coefficient (Wildman–Crippen LogP) is 3.06. The van der Waals surface area contributed by atoms with E-state index in [1.54, 1.807) is 0 Å². The molecule has 2 rings (SSSR count). The third-order valence-corrected chi connectivity index (χ3v) is 3.91. The van der Waals surface area contributed by atoms with E-state index < -0.39 is 0 Å². The van der Waals surface area contributed by atoms with Crippen LogP contribution in [0.25, 0.3) is 0 Å². The lowest BCUT2D eigenvalue weighted by molar-refractivity contribution is 0.535. The summed E-state index contributed by atoms with van der Waals surface area (Å²) in [5.41, 5.74) is 14.7. The fourth-order valence-electron chi connectivity index (χ4n) is 2.30. The smallest absolute Gasteiger partial charge is 0.0175 e. The van der Waals surface area contributed by atoms with Crippen molar-refractivity contribution in [1.29, 1.82) is 0 Å².